The normalized spacial score (nSPS) is 18.9. The van der Waals surface area contributed by atoms with Crippen molar-refractivity contribution < 1.29 is 14.0 Å². The molecule has 4 rings (SSSR count). The Morgan fingerprint density at radius 2 is 1.86 bits per heavy atom. The van der Waals surface area contributed by atoms with Gasteiger partial charge in [0.2, 0.25) is 5.91 Å². The van der Waals surface area contributed by atoms with Gasteiger partial charge >= 0.3 is 0 Å². The molecule has 2 aromatic rings. The van der Waals surface area contributed by atoms with Crippen LogP contribution >= 0.6 is 0 Å². The van der Waals surface area contributed by atoms with Gasteiger partial charge < -0.3 is 9.74 Å². The predicted octanol–water partition coefficient (Wildman–Crippen LogP) is 4.46. The minimum absolute atomic E-state index is 0.110. The van der Waals surface area contributed by atoms with Crippen LogP contribution in [-0.2, 0) is 16.2 Å². The summed E-state index contributed by atoms with van der Waals surface area (Å²) in [4.78, 5) is 20.4. The molecule has 146 valence electrons. The number of rotatable bonds is 6. The fourth-order valence-electron chi connectivity index (χ4n) is 3.64. The lowest BCUT2D eigenvalue weighted by atomic mass is 9.84. The molecule has 1 aliphatic carbocycles. The van der Waals surface area contributed by atoms with Crippen molar-refractivity contribution in [2.24, 2.45) is 11.1 Å². The molecule has 0 bridgehead atoms. The molecule has 0 aromatic heterocycles. The van der Waals surface area contributed by atoms with Gasteiger partial charge in [-0.15, -0.1) is 0 Å². The van der Waals surface area contributed by atoms with Crippen molar-refractivity contribution in [3.8, 4) is 0 Å². The van der Waals surface area contributed by atoms with Gasteiger partial charge in [-0.3, -0.25) is 4.79 Å². The van der Waals surface area contributed by atoms with Gasteiger partial charge in [0.15, 0.2) is 6.10 Å². The Kier molecular flexibility index (Phi) is 5.42. The first kappa shape index (κ1) is 18.7. The molecule has 0 saturated heterocycles. The third kappa shape index (κ3) is 4.24. The highest BCUT2D eigenvalue weighted by molar-refractivity contribution is 6.01. The van der Waals surface area contributed by atoms with Crippen LogP contribution < -0.4 is 0 Å². The highest BCUT2D eigenvalue weighted by atomic mass is 19.1. The molecular formula is C23H25FN2O2. The summed E-state index contributed by atoms with van der Waals surface area (Å²) in [6, 6.07) is 14.6. The van der Waals surface area contributed by atoms with E-state index in [1.807, 2.05) is 4.90 Å². The van der Waals surface area contributed by atoms with Gasteiger partial charge in [0.1, 0.15) is 5.82 Å². The van der Waals surface area contributed by atoms with Crippen LogP contribution in [0.4, 0.5) is 4.39 Å². The summed E-state index contributed by atoms with van der Waals surface area (Å²) in [5.41, 5.74) is 4.11. The van der Waals surface area contributed by atoms with E-state index >= 15 is 0 Å². The van der Waals surface area contributed by atoms with E-state index in [0.29, 0.717) is 19.5 Å². The van der Waals surface area contributed by atoms with Crippen LogP contribution in [0.1, 0.15) is 42.4 Å². The van der Waals surface area contributed by atoms with Crippen LogP contribution in [-0.4, -0.2) is 29.2 Å². The molecule has 0 radical (unpaired) electrons. The van der Waals surface area contributed by atoms with Gasteiger partial charge in [-0.1, -0.05) is 53.5 Å². The molecule has 2 aromatic carbocycles. The largest absolute Gasteiger partial charge is 0.390 e. The number of carbonyl (C=O) groups is 1. The van der Waals surface area contributed by atoms with Crippen molar-refractivity contribution in [1.82, 2.24) is 4.90 Å². The van der Waals surface area contributed by atoms with Gasteiger partial charge in [-0.2, -0.15) is 0 Å². The number of hydrogen-bond donors (Lipinski definition) is 0. The maximum atomic E-state index is 13.2. The third-order valence-corrected chi connectivity index (χ3v) is 5.59. The van der Waals surface area contributed by atoms with Gasteiger partial charge in [0.25, 0.3) is 0 Å². The Hall–Kier alpha value is -2.69. The maximum absolute atomic E-state index is 13.2. The first-order valence-corrected chi connectivity index (χ1v) is 9.91. The molecule has 1 aliphatic heterocycles. The van der Waals surface area contributed by atoms with Crippen LogP contribution in [0.5, 0.6) is 0 Å². The highest BCUT2D eigenvalue weighted by Gasteiger charge is 2.32. The molecule has 1 atom stereocenters. The molecule has 1 amide bonds. The second kappa shape index (κ2) is 8.13. The van der Waals surface area contributed by atoms with E-state index < -0.39 is 0 Å². The van der Waals surface area contributed by atoms with E-state index in [2.05, 4.69) is 36.3 Å². The zero-order chi connectivity index (χ0) is 19.5. The Balaban J connectivity index is 1.43. The molecule has 2 aliphatic rings. The minimum atomic E-state index is -0.268. The Bertz CT molecular complexity index is 857. The first-order chi connectivity index (χ1) is 13.6. The summed E-state index contributed by atoms with van der Waals surface area (Å²) in [7, 11) is 0. The van der Waals surface area contributed by atoms with E-state index in [0.717, 1.165) is 36.1 Å². The molecule has 4 nitrogen and oxygen atoms in total. The van der Waals surface area contributed by atoms with Crippen LogP contribution in [0.3, 0.4) is 0 Å². The molecular weight excluding hydrogens is 355 g/mol. The standard InChI is InChI=1S/C23H25FN2O2/c1-16-5-9-18(10-6-16)22-13-21(28-25-22)15-26(23(27)19-3-2-4-19)14-17-7-11-20(24)12-8-17/h5-12,19,21H,2-4,13-15H2,1H3/t21-/m0/s1. The number of aryl methyl sites for hydroxylation is 1. The zero-order valence-electron chi connectivity index (χ0n) is 16.1. The average molecular weight is 380 g/mol. The lowest BCUT2D eigenvalue weighted by Crippen LogP contribution is -2.42. The fourth-order valence-corrected chi connectivity index (χ4v) is 3.64. The van der Waals surface area contributed by atoms with E-state index in [1.165, 1.54) is 17.7 Å². The number of nitrogens with zero attached hydrogens (tertiary/aromatic N) is 2. The van der Waals surface area contributed by atoms with E-state index in [4.69, 9.17) is 4.84 Å². The van der Waals surface area contributed by atoms with Crippen LogP contribution in [0.25, 0.3) is 0 Å². The Morgan fingerprint density at radius 3 is 2.50 bits per heavy atom. The Morgan fingerprint density at radius 1 is 1.14 bits per heavy atom. The van der Waals surface area contributed by atoms with Crippen molar-refractivity contribution in [3.05, 3.63) is 71.0 Å². The zero-order valence-corrected chi connectivity index (χ0v) is 16.1. The van der Waals surface area contributed by atoms with E-state index in [-0.39, 0.29) is 23.7 Å². The number of oxime groups is 1. The quantitative estimate of drug-likeness (QED) is 0.743. The first-order valence-electron chi connectivity index (χ1n) is 9.91. The molecule has 1 fully saturated rings. The molecule has 0 spiro atoms. The van der Waals surface area contributed by atoms with Gasteiger partial charge in [0.05, 0.1) is 12.3 Å². The van der Waals surface area contributed by atoms with E-state index in [9.17, 15) is 9.18 Å². The molecule has 28 heavy (non-hydrogen) atoms. The van der Waals surface area contributed by atoms with Gasteiger partial charge in [-0.25, -0.2) is 4.39 Å². The lowest BCUT2D eigenvalue weighted by molar-refractivity contribution is -0.140. The molecule has 0 unspecified atom stereocenters. The maximum Gasteiger partial charge on any atom is 0.226 e. The molecule has 1 heterocycles. The number of amides is 1. The van der Waals surface area contributed by atoms with Crippen molar-refractivity contribution in [1.29, 1.82) is 0 Å². The SMILES string of the molecule is Cc1ccc(C2=NO[C@H](CN(Cc3ccc(F)cc3)C(=O)C3CCC3)C2)cc1. The summed E-state index contributed by atoms with van der Waals surface area (Å²) in [6.45, 7) is 3.01. The minimum Gasteiger partial charge on any atom is -0.390 e. The van der Waals surface area contributed by atoms with Crippen LogP contribution in [0.15, 0.2) is 53.7 Å². The highest BCUT2D eigenvalue weighted by Crippen LogP contribution is 2.29. The van der Waals surface area contributed by atoms with Crippen LogP contribution in [0.2, 0.25) is 0 Å². The number of halogens is 1. The van der Waals surface area contributed by atoms with Crippen molar-refractivity contribution in [2.75, 3.05) is 6.54 Å². The summed E-state index contributed by atoms with van der Waals surface area (Å²) < 4.78 is 13.2. The van der Waals surface area contributed by atoms with Crippen LogP contribution in [0, 0.1) is 18.7 Å². The molecule has 0 N–H and O–H groups in total. The summed E-state index contributed by atoms with van der Waals surface area (Å²) in [6.07, 6.45) is 3.55. The average Bonchev–Trinajstić information content (AvgIpc) is 3.10. The molecule has 5 heteroatoms. The smallest absolute Gasteiger partial charge is 0.226 e. The second-order valence-electron chi connectivity index (χ2n) is 7.81. The summed E-state index contributed by atoms with van der Waals surface area (Å²) in [5, 5.41) is 4.26. The van der Waals surface area contributed by atoms with Crippen molar-refractivity contribution in [3.63, 3.8) is 0 Å². The van der Waals surface area contributed by atoms with Crippen molar-refractivity contribution >= 4 is 11.6 Å². The van der Waals surface area contributed by atoms with Gasteiger partial charge in [0, 0.05) is 18.9 Å². The van der Waals surface area contributed by atoms with E-state index in [1.54, 1.807) is 12.1 Å². The van der Waals surface area contributed by atoms with Gasteiger partial charge in [-0.05, 0) is 43.0 Å². The fraction of sp³-hybridized carbons (Fsp3) is 0.391. The predicted molar refractivity (Wildman–Crippen MR) is 106 cm³/mol. The summed E-state index contributed by atoms with van der Waals surface area (Å²) >= 11 is 0. The second-order valence-corrected chi connectivity index (χ2v) is 7.81. The number of benzene rings is 2. The lowest BCUT2D eigenvalue weighted by Gasteiger charge is -2.32. The summed E-state index contributed by atoms with van der Waals surface area (Å²) in [5.74, 6) is 0.0122. The van der Waals surface area contributed by atoms with Crippen molar-refractivity contribution in [2.45, 2.75) is 45.3 Å². The number of carbonyl (C=O) groups excluding carboxylic acids is 1. The third-order valence-electron chi connectivity index (χ3n) is 5.59. The number of hydrogen-bond acceptors (Lipinski definition) is 3. The Labute approximate surface area is 165 Å². The monoisotopic (exact) mass is 380 g/mol. The topological polar surface area (TPSA) is 41.9 Å². The molecule has 1 saturated carbocycles.